The van der Waals surface area contributed by atoms with Crippen LogP contribution in [0.4, 0.5) is 4.39 Å². The van der Waals surface area contributed by atoms with Crippen LogP contribution in [0.25, 0.3) is 11.3 Å². The van der Waals surface area contributed by atoms with Gasteiger partial charge in [-0.15, -0.1) is 0 Å². The van der Waals surface area contributed by atoms with Crippen LogP contribution in [0.5, 0.6) is 0 Å². The van der Waals surface area contributed by atoms with Crippen molar-refractivity contribution in [1.82, 2.24) is 9.78 Å². The number of ether oxygens (including phenoxy) is 1. The third kappa shape index (κ3) is 2.71. The van der Waals surface area contributed by atoms with E-state index in [9.17, 15) is 4.39 Å². The summed E-state index contributed by atoms with van der Waals surface area (Å²) in [6, 6.07) is 6.36. The van der Waals surface area contributed by atoms with Crippen LogP contribution in [0, 0.1) is 5.82 Å². The summed E-state index contributed by atoms with van der Waals surface area (Å²) in [7, 11) is -0.532. The average molecular weight is 344 g/mol. The van der Waals surface area contributed by atoms with Crippen LogP contribution in [0.2, 0.25) is 0 Å². The van der Waals surface area contributed by atoms with E-state index in [1.54, 1.807) is 12.1 Å². The molecule has 0 N–H and O–H groups in total. The topological polar surface area (TPSA) is 45.5 Å². The van der Waals surface area contributed by atoms with Gasteiger partial charge in [0.05, 0.1) is 42.3 Å². The van der Waals surface area contributed by atoms with Gasteiger partial charge < -0.3 is 14.0 Å². The van der Waals surface area contributed by atoms with E-state index in [0.29, 0.717) is 19.8 Å². The zero-order valence-corrected chi connectivity index (χ0v) is 15.0. The molecule has 2 aliphatic heterocycles. The molecule has 1 saturated heterocycles. The van der Waals surface area contributed by atoms with Crippen LogP contribution in [0.1, 0.15) is 33.4 Å². The first kappa shape index (κ1) is 16.8. The van der Waals surface area contributed by atoms with Gasteiger partial charge in [-0.3, -0.25) is 4.68 Å². The summed E-state index contributed by atoms with van der Waals surface area (Å²) in [6.07, 6.45) is 0. The van der Waals surface area contributed by atoms with E-state index in [1.165, 1.54) is 12.1 Å². The van der Waals surface area contributed by atoms with Crippen molar-refractivity contribution in [1.29, 1.82) is 0 Å². The molecule has 0 unspecified atom stereocenters. The predicted molar refractivity (Wildman–Crippen MR) is 93.0 cm³/mol. The molecule has 2 aromatic rings. The first-order valence-corrected chi connectivity index (χ1v) is 8.57. The highest BCUT2D eigenvalue weighted by Crippen LogP contribution is 2.38. The van der Waals surface area contributed by atoms with E-state index in [0.717, 1.165) is 22.4 Å². The van der Waals surface area contributed by atoms with Crippen LogP contribution in [0.15, 0.2) is 24.3 Å². The fourth-order valence-electron chi connectivity index (χ4n) is 3.20. The van der Waals surface area contributed by atoms with Gasteiger partial charge in [-0.2, -0.15) is 5.10 Å². The molecule has 1 aromatic carbocycles. The Balaban J connectivity index is 1.83. The number of aromatic nitrogens is 2. The SMILES string of the molecule is CC1(C)OB(c2c(-c3ccc(F)cc3)nn3c2COCC3)OC1(C)C. The maximum absolute atomic E-state index is 13.3. The van der Waals surface area contributed by atoms with Crippen molar-refractivity contribution in [3.8, 4) is 11.3 Å². The molecular weight excluding hydrogens is 322 g/mol. The Morgan fingerprint density at radius 2 is 1.72 bits per heavy atom. The summed E-state index contributed by atoms with van der Waals surface area (Å²) in [5.74, 6) is -0.270. The Hall–Kier alpha value is -1.70. The van der Waals surface area contributed by atoms with E-state index in [1.807, 2.05) is 32.4 Å². The molecule has 5 nitrogen and oxygen atoms in total. The van der Waals surface area contributed by atoms with E-state index in [-0.39, 0.29) is 5.82 Å². The summed E-state index contributed by atoms with van der Waals surface area (Å²) >= 11 is 0. The van der Waals surface area contributed by atoms with Gasteiger partial charge in [0.1, 0.15) is 5.82 Å². The number of fused-ring (bicyclic) bond motifs is 1. The molecule has 2 aliphatic rings. The van der Waals surface area contributed by atoms with Crippen molar-refractivity contribution in [3.05, 3.63) is 35.8 Å². The smallest absolute Gasteiger partial charge is 0.399 e. The Morgan fingerprint density at radius 3 is 2.36 bits per heavy atom. The Kier molecular flexibility index (Phi) is 3.79. The van der Waals surface area contributed by atoms with Crippen molar-refractivity contribution in [2.45, 2.75) is 52.0 Å². The minimum Gasteiger partial charge on any atom is -0.399 e. The lowest BCUT2D eigenvalue weighted by molar-refractivity contribution is 0.00578. The van der Waals surface area contributed by atoms with E-state index in [2.05, 4.69) is 0 Å². The summed E-state index contributed by atoms with van der Waals surface area (Å²) in [5, 5.41) is 4.74. The van der Waals surface area contributed by atoms with Gasteiger partial charge in [0.25, 0.3) is 0 Å². The largest absolute Gasteiger partial charge is 0.499 e. The lowest BCUT2D eigenvalue weighted by Crippen LogP contribution is -2.41. The lowest BCUT2D eigenvalue weighted by atomic mass is 9.75. The van der Waals surface area contributed by atoms with Crippen LogP contribution in [-0.4, -0.2) is 34.7 Å². The fourth-order valence-corrected chi connectivity index (χ4v) is 3.20. The summed E-state index contributed by atoms with van der Waals surface area (Å²) in [4.78, 5) is 0. The minimum atomic E-state index is -0.532. The summed E-state index contributed by atoms with van der Waals surface area (Å²) in [6.45, 7) is 9.87. The second kappa shape index (κ2) is 5.66. The second-order valence-electron chi connectivity index (χ2n) is 7.58. The van der Waals surface area contributed by atoms with Gasteiger partial charge in [0.2, 0.25) is 0 Å². The van der Waals surface area contributed by atoms with Crippen molar-refractivity contribution in [2.75, 3.05) is 6.61 Å². The predicted octanol–water partition coefficient (Wildman–Crippen LogP) is 2.52. The Bertz CT molecular complexity index is 785. The first-order valence-electron chi connectivity index (χ1n) is 8.57. The molecular formula is C18H22BFN2O3. The van der Waals surface area contributed by atoms with Crippen LogP contribution < -0.4 is 5.46 Å². The van der Waals surface area contributed by atoms with E-state index >= 15 is 0 Å². The molecule has 7 heteroatoms. The maximum atomic E-state index is 13.3. The molecule has 0 spiro atoms. The summed E-state index contributed by atoms with van der Waals surface area (Å²) < 4.78 is 33.4. The van der Waals surface area contributed by atoms with Crippen molar-refractivity contribution in [3.63, 3.8) is 0 Å². The highest BCUT2D eigenvalue weighted by atomic mass is 19.1. The normalized spacial score (nSPS) is 21.4. The quantitative estimate of drug-likeness (QED) is 0.786. The van der Waals surface area contributed by atoms with Gasteiger partial charge >= 0.3 is 7.12 Å². The number of benzene rings is 1. The first-order chi connectivity index (χ1) is 11.8. The molecule has 3 heterocycles. The number of hydrogen-bond donors (Lipinski definition) is 0. The molecule has 4 rings (SSSR count). The molecule has 0 atom stereocenters. The van der Waals surface area contributed by atoms with Gasteiger partial charge in [-0.05, 0) is 52.0 Å². The molecule has 1 aromatic heterocycles. The van der Waals surface area contributed by atoms with Crippen molar-refractivity contribution in [2.24, 2.45) is 0 Å². The molecule has 0 saturated carbocycles. The minimum absolute atomic E-state index is 0.270. The number of nitrogens with zero attached hydrogens (tertiary/aromatic N) is 2. The number of hydrogen-bond acceptors (Lipinski definition) is 4. The fraction of sp³-hybridized carbons (Fsp3) is 0.500. The van der Waals surface area contributed by atoms with Crippen LogP contribution in [-0.2, 0) is 27.2 Å². The molecule has 25 heavy (non-hydrogen) atoms. The average Bonchev–Trinajstić information content (AvgIpc) is 3.02. The number of rotatable bonds is 2. The van der Waals surface area contributed by atoms with Gasteiger partial charge in [-0.25, -0.2) is 4.39 Å². The third-order valence-corrected chi connectivity index (χ3v) is 5.39. The highest BCUT2D eigenvalue weighted by Gasteiger charge is 2.53. The maximum Gasteiger partial charge on any atom is 0.499 e. The van der Waals surface area contributed by atoms with Gasteiger partial charge in [0, 0.05) is 11.0 Å². The third-order valence-electron chi connectivity index (χ3n) is 5.39. The molecule has 0 aliphatic carbocycles. The molecule has 1 fully saturated rings. The van der Waals surface area contributed by atoms with Crippen molar-refractivity contribution >= 4 is 12.6 Å². The second-order valence-corrected chi connectivity index (χ2v) is 7.58. The molecule has 0 bridgehead atoms. The molecule has 0 amide bonds. The van der Waals surface area contributed by atoms with Gasteiger partial charge in [-0.1, -0.05) is 0 Å². The van der Waals surface area contributed by atoms with E-state index < -0.39 is 18.3 Å². The van der Waals surface area contributed by atoms with Crippen LogP contribution >= 0.6 is 0 Å². The zero-order valence-electron chi connectivity index (χ0n) is 15.0. The number of halogens is 1. The zero-order chi connectivity index (χ0) is 17.8. The van der Waals surface area contributed by atoms with Gasteiger partial charge in [0.15, 0.2) is 0 Å². The highest BCUT2D eigenvalue weighted by molar-refractivity contribution is 6.64. The standard InChI is InChI=1S/C18H22BFN2O3/c1-17(2)18(3,4)25-19(24-17)15-14-11-23-10-9-22(14)21-16(15)12-5-7-13(20)8-6-12/h5-8H,9-11H2,1-4H3. The van der Waals surface area contributed by atoms with Crippen molar-refractivity contribution < 1.29 is 18.4 Å². The Morgan fingerprint density at radius 1 is 1.08 bits per heavy atom. The Labute approximate surface area is 147 Å². The molecule has 132 valence electrons. The summed E-state index contributed by atoms with van der Waals surface area (Å²) in [5.41, 5.74) is 2.56. The monoisotopic (exact) mass is 344 g/mol. The molecule has 0 radical (unpaired) electrons. The lowest BCUT2D eigenvalue weighted by Gasteiger charge is -2.32. The van der Waals surface area contributed by atoms with E-state index in [4.69, 9.17) is 19.1 Å². The van der Waals surface area contributed by atoms with Crippen LogP contribution in [0.3, 0.4) is 0 Å².